The zero-order valence-corrected chi connectivity index (χ0v) is 16.3. The average Bonchev–Trinajstić information content (AvgIpc) is 2.70. The van der Waals surface area contributed by atoms with Crippen LogP contribution in [-0.2, 0) is 12.8 Å². The largest absolute Gasteiger partial charge is 0.206 e. The van der Waals surface area contributed by atoms with E-state index in [4.69, 9.17) is 0 Å². The third-order valence-electron chi connectivity index (χ3n) is 5.24. The zero-order valence-electron chi connectivity index (χ0n) is 16.3. The van der Waals surface area contributed by atoms with Crippen molar-refractivity contribution < 1.29 is 4.39 Å². The lowest BCUT2D eigenvalue weighted by Crippen LogP contribution is -1.91. The minimum Gasteiger partial charge on any atom is -0.206 e. The van der Waals surface area contributed by atoms with E-state index in [9.17, 15) is 0 Å². The van der Waals surface area contributed by atoms with Crippen molar-refractivity contribution >= 4 is 10.8 Å². The van der Waals surface area contributed by atoms with Gasteiger partial charge in [-0.2, -0.15) is 0 Å². The molecule has 0 nitrogen and oxygen atoms in total. The highest BCUT2D eigenvalue weighted by molar-refractivity contribution is 5.88. The van der Waals surface area contributed by atoms with Gasteiger partial charge in [-0.05, 0) is 47.8 Å². The molecule has 3 rings (SSSR count). The molecule has 3 aromatic carbocycles. The third kappa shape index (κ3) is 4.86. The highest BCUT2D eigenvalue weighted by atomic mass is 19.1. The first kappa shape index (κ1) is 19.4. The number of hydrogen-bond acceptors (Lipinski definition) is 0. The monoisotopic (exact) mass is 360 g/mol. The fourth-order valence-corrected chi connectivity index (χ4v) is 3.60. The van der Waals surface area contributed by atoms with Crippen LogP contribution in [-0.4, -0.2) is 0 Å². The molecule has 140 valence electrons. The van der Waals surface area contributed by atoms with E-state index < -0.39 is 0 Å². The first-order valence-electron chi connectivity index (χ1n) is 10.1. The molecule has 0 aliphatic rings. The van der Waals surface area contributed by atoms with E-state index in [0.717, 1.165) is 30.2 Å². The number of fused-ring (bicyclic) bond motifs is 1. The molecule has 0 spiro atoms. The fraction of sp³-hybridized carbons (Fsp3) is 0.308. The first-order valence-corrected chi connectivity index (χ1v) is 10.1. The SMILES string of the molecule is C=CCCc1ccc(-c2ccc3cc(CCCCCC)ccc3c2F)cc1. The van der Waals surface area contributed by atoms with E-state index in [1.807, 2.05) is 30.3 Å². The van der Waals surface area contributed by atoms with Crippen LogP contribution in [0.2, 0.25) is 0 Å². The molecule has 0 N–H and O–H groups in total. The van der Waals surface area contributed by atoms with E-state index >= 15 is 4.39 Å². The smallest absolute Gasteiger partial charge is 0.138 e. The summed E-state index contributed by atoms with van der Waals surface area (Å²) in [5.74, 6) is -0.121. The molecule has 0 bridgehead atoms. The van der Waals surface area contributed by atoms with E-state index in [1.165, 1.54) is 36.8 Å². The van der Waals surface area contributed by atoms with Gasteiger partial charge in [-0.3, -0.25) is 0 Å². The fourth-order valence-electron chi connectivity index (χ4n) is 3.60. The summed E-state index contributed by atoms with van der Waals surface area (Å²) in [4.78, 5) is 0. The summed E-state index contributed by atoms with van der Waals surface area (Å²) in [6.07, 6.45) is 9.96. The van der Waals surface area contributed by atoms with E-state index in [0.29, 0.717) is 10.9 Å². The van der Waals surface area contributed by atoms with Crippen molar-refractivity contribution in [1.82, 2.24) is 0 Å². The molecule has 1 heteroatoms. The Morgan fingerprint density at radius 1 is 0.852 bits per heavy atom. The number of rotatable bonds is 9. The van der Waals surface area contributed by atoms with Crippen molar-refractivity contribution in [3.63, 3.8) is 0 Å². The Morgan fingerprint density at radius 2 is 1.63 bits per heavy atom. The number of hydrogen-bond donors (Lipinski definition) is 0. The van der Waals surface area contributed by atoms with Crippen LogP contribution in [0.5, 0.6) is 0 Å². The second kappa shape index (κ2) is 9.50. The number of unbranched alkanes of at least 4 members (excludes halogenated alkanes) is 3. The summed E-state index contributed by atoms with van der Waals surface area (Å²) >= 11 is 0. The van der Waals surface area contributed by atoms with Crippen molar-refractivity contribution in [3.8, 4) is 11.1 Å². The maximum atomic E-state index is 15.1. The third-order valence-corrected chi connectivity index (χ3v) is 5.24. The lowest BCUT2D eigenvalue weighted by Gasteiger charge is -2.10. The standard InChI is InChI=1S/C26H29F/c1-3-5-7-8-10-21-13-17-25-23(19-21)16-18-24(26(25)27)22-14-11-20(12-15-22)9-6-4-2/h4,11-19H,2-3,5-10H2,1H3. The summed E-state index contributed by atoms with van der Waals surface area (Å²) in [5.41, 5.74) is 4.17. The van der Waals surface area contributed by atoms with Crippen molar-refractivity contribution in [2.24, 2.45) is 0 Å². The van der Waals surface area contributed by atoms with E-state index in [2.05, 4.69) is 43.8 Å². The van der Waals surface area contributed by atoms with Crippen LogP contribution >= 0.6 is 0 Å². The van der Waals surface area contributed by atoms with Crippen LogP contribution in [0.3, 0.4) is 0 Å². The normalized spacial score (nSPS) is 11.0. The predicted molar refractivity (Wildman–Crippen MR) is 116 cm³/mol. The summed E-state index contributed by atoms with van der Waals surface area (Å²) in [7, 11) is 0. The number of halogens is 1. The highest BCUT2D eigenvalue weighted by Crippen LogP contribution is 2.30. The van der Waals surface area contributed by atoms with Crippen LogP contribution < -0.4 is 0 Å². The molecule has 0 heterocycles. The Balaban J connectivity index is 1.81. The van der Waals surface area contributed by atoms with Gasteiger partial charge in [-0.15, -0.1) is 6.58 Å². The Labute approximate surface area is 162 Å². The molecule has 27 heavy (non-hydrogen) atoms. The van der Waals surface area contributed by atoms with Gasteiger partial charge in [0.25, 0.3) is 0 Å². The summed E-state index contributed by atoms with van der Waals surface area (Å²) in [6.45, 7) is 5.99. The summed E-state index contributed by atoms with van der Waals surface area (Å²) in [6, 6.07) is 18.3. The second-order valence-electron chi connectivity index (χ2n) is 7.32. The Bertz CT molecular complexity index is 890. The Morgan fingerprint density at radius 3 is 2.37 bits per heavy atom. The number of allylic oxidation sites excluding steroid dienone is 1. The van der Waals surface area contributed by atoms with Gasteiger partial charge in [0.1, 0.15) is 5.82 Å². The summed E-state index contributed by atoms with van der Waals surface area (Å²) in [5, 5.41) is 1.70. The first-order chi connectivity index (χ1) is 13.2. The van der Waals surface area contributed by atoms with Gasteiger partial charge in [0.2, 0.25) is 0 Å². The van der Waals surface area contributed by atoms with Gasteiger partial charge in [-0.25, -0.2) is 4.39 Å². The van der Waals surface area contributed by atoms with Gasteiger partial charge >= 0.3 is 0 Å². The van der Waals surface area contributed by atoms with Crippen LogP contribution in [0.1, 0.15) is 50.2 Å². The van der Waals surface area contributed by atoms with Gasteiger partial charge in [0, 0.05) is 10.9 Å². The predicted octanol–water partition coefficient (Wildman–Crippen LogP) is 7.89. The number of aryl methyl sites for hydroxylation is 2. The van der Waals surface area contributed by atoms with Gasteiger partial charge in [0.15, 0.2) is 0 Å². The molecule has 0 amide bonds. The maximum absolute atomic E-state index is 15.1. The van der Waals surface area contributed by atoms with Crippen molar-refractivity contribution in [1.29, 1.82) is 0 Å². The molecule has 0 saturated heterocycles. The molecule has 0 aliphatic heterocycles. The van der Waals surface area contributed by atoms with Crippen LogP contribution in [0.4, 0.5) is 4.39 Å². The molecule has 0 saturated carbocycles. The van der Waals surface area contributed by atoms with Gasteiger partial charge in [-0.1, -0.05) is 86.9 Å². The molecular formula is C26H29F. The molecule has 0 aromatic heterocycles. The van der Waals surface area contributed by atoms with Crippen molar-refractivity contribution in [3.05, 3.63) is 84.2 Å². The molecule has 0 unspecified atom stereocenters. The molecular weight excluding hydrogens is 331 g/mol. The Hall–Kier alpha value is -2.41. The van der Waals surface area contributed by atoms with Crippen molar-refractivity contribution in [2.75, 3.05) is 0 Å². The minimum absolute atomic E-state index is 0.121. The van der Waals surface area contributed by atoms with E-state index in [1.54, 1.807) is 0 Å². The number of benzene rings is 3. The zero-order chi connectivity index (χ0) is 19.1. The van der Waals surface area contributed by atoms with Crippen LogP contribution in [0.15, 0.2) is 67.3 Å². The highest BCUT2D eigenvalue weighted by Gasteiger charge is 2.10. The van der Waals surface area contributed by atoms with Gasteiger partial charge < -0.3 is 0 Å². The molecule has 0 radical (unpaired) electrons. The minimum atomic E-state index is -0.121. The molecule has 0 aliphatic carbocycles. The van der Waals surface area contributed by atoms with Crippen molar-refractivity contribution in [2.45, 2.75) is 51.9 Å². The second-order valence-corrected chi connectivity index (χ2v) is 7.32. The van der Waals surface area contributed by atoms with Crippen LogP contribution in [0, 0.1) is 5.82 Å². The molecule has 0 atom stereocenters. The average molecular weight is 361 g/mol. The topological polar surface area (TPSA) is 0 Å². The quantitative estimate of drug-likeness (QED) is 0.269. The lowest BCUT2D eigenvalue weighted by molar-refractivity contribution is 0.643. The van der Waals surface area contributed by atoms with Gasteiger partial charge in [0.05, 0.1) is 0 Å². The van der Waals surface area contributed by atoms with E-state index in [-0.39, 0.29) is 5.82 Å². The Kier molecular flexibility index (Phi) is 6.81. The summed E-state index contributed by atoms with van der Waals surface area (Å²) < 4.78 is 15.1. The maximum Gasteiger partial charge on any atom is 0.138 e. The molecule has 3 aromatic rings. The lowest BCUT2D eigenvalue weighted by atomic mass is 9.96. The molecule has 0 fully saturated rings. The van der Waals surface area contributed by atoms with Crippen LogP contribution in [0.25, 0.3) is 21.9 Å².